The monoisotopic (exact) mass is 398 g/mol. The van der Waals surface area contributed by atoms with Crippen molar-refractivity contribution in [1.82, 2.24) is 0 Å². The molecule has 0 atom stereocenters. The lowest BCUT2D eigenvalue weighted by molar-refractivity contribution is -0.138. The maximum Gasteiger partial charge on any atom is 0.513 e. The first kappa shape index (κ1) is 19.6. The fourth-order valence-corrected chi connectivity index (χ4v) is 3.69. The molecule has 0 N–H and O–H groups in total. The Hall–Kier alpha value is -3.19. The first-order chi connectivity index (χ1) is 13.6. The lowest BCUT2D eigenvalue weighted by atomic mass is 10.2. The van der Waals surface area contributed by atoms with Crippen LogP contribution in [0.3, 0.4) is 0 Å². The van der Waals surface area contributed by atoms with E-state index in [1.54, 1.807) is 37.3 Å². The first-order valence-electron chi connectivity index (χ1n) is 8.69. The Bertz CT molecular complexity index is 1100. The van der Waals surface area contributed by atoms with Crippen molar-refractivity contribution in [2.75, 3.05) is 13.2 Å². The highest BCUT2D eigenvalue weighted by molar-refractivity contribution is 7.24. The van der Waals surface area contributed by atoms with Gasteiger partial charge in [-0.2, -0.15) is 0 Å². The van der Waals surface area contributed by atoms with Crippen LogP contribution in [0.1, 0.15) is 13.3 Å². The zero-order valence-electron chi connectivity index (χ0n) is 15.2. The molecule has 2 aromatic carbocycles. The molecule has 0 aliphatic rings. The minimum atomic E-state index is -0.875. The van der Waals surface area contributed by atoms with Gasteiger partial charge in [-0.05, 0) is 31.2 Å². The van der Waals surface area contributed by atoms with Crippen LogP contribution in [-0.2, 0) is 14.3 Å². The Morgan fingerprint density at radius 2 is 1.75 bits per heavy atom. The van der Waals surface area contributed by atoms with E-state index >= 15 is 0 Å². The van der Waals surface area contributed by atoms with Crippen molar-refractivity contribution in [3.8, 4) is 5.75 Å². The van der Waals surface area contributed by atoms with Crippen molar-refractivity contribution < 1.29 is 23.8 Å². The molecule has 7 heteroatoms. The van der Waals surface area contributed by atoms with Crippen molar-refractivity contribution in [2.24, 2.45) is 0 Å². The van der Waals surface area contributed by atoms with Gasteiger partial charge in [0.15, 0.2) is 11.2 Å². The molecule has 0 aliphatic carbocycles. The summed E-state index contributed by atoms with van der Waals surface area (Å²) in [5.41, 5.74) is -0.105. The molecule has 0 radical (unpaired) electrons. The maximum atomic E-state index is 12.7. The number of carbonyl (C=O) groups excluding carboxylic acids is 2. The van der Waals surface area contributed by atoms with E-state index in [1.165, 1.54) is 17.4 Å². The van der Waals surface area contributed by atoms with E-state index in [4.69, 9.17) is 14.2 Å². The quantitative estimate of drug-likeness (QED) is 0.201. The van der Waals surface area contributed by atoms with Gasteiger partial charge in [0.25, 0.3) is 0 Å². The van der Waals surface area contributed by atoms with Gasteiger partial charge < -0.3 is 14.2 Å². The third kappa shape index (κ3) is 4.55. The summed E-state index contributed by atoms with van der Waals surface area (Å²) in [6.07, 6.45) is 2.37. The smallest absolute Gasteiger partial charge is 0.462 e. The number of hydrogen-bond acceptors (Lipinski definition) is 7. The van der Waals surface area contributed by atoms with Gasteiger partial charge >= 0.3 is 12.1 Å². The van der Waals surface area contributed by atoms with E-state index < -0.39 is 12.1 Å². The van der Waals surface area contributed by atoms with Crippen LogP contribution >= 0.6 is 11.3 Å². The summed E-state index contributed by atoms with van der Waals surface area (Å²) in [5.74, 6) is -0.169. The number of hydrogen-bond donors (Lipinski definition) is 0. The van der Waals surface area contributed by atoms with Crippen molar-refractivity contribution in [2.45, 2.75) is 13.3 Å². The summed E-state index contributed by atoms with van der Waals surface area (Å²) in [4.78, 5) is 35.8. The fraction of sp³-hybridized carbons (Fsp3) is 0.190. The number of rotatable bonds is 6. The summed E-state index contributed by atoms with van der Waals surface area (Å²) in [6, 6.07) is 12.3. The molecule has 3 aromatic rings. The third-order valence-corrected chi connectivity index (χ3v) is 5.02. The zero-order chi connectivity index (χ0) is 19.9. The van der Waals surface area contributed by atoms with Gasteiger partial charge in [-0.1, -0.05) is 24.3 Å². The van der Waals surface area contributed by atoms with Gasteiger partial charge in [-0.25, -0.2) is 9.59 Å². The van der Waals surface area contributed by atoms with E-state index in [-0.39, 0.29) is 24.4 Å². The van der Waals surface area contributed by atoms with Gasteiger partial charge in [-0.15, -0.1) is 11.3 Å². The molecule has 0 spiro atoms. The summed E-state index contributed by atoms with van der Waals surface area (Å²) in [6.45, 7) is 1.90. The first-order valence-corrected chi connectivity index (χ1v) is 9.50. The van der Waals surface area contributed by atoms with Gasteiger partial charge in [0.2, 0.25) is 0 Å². The molecule has 6 nitrogen and oxygen atoms in total. The predicted octanol–water partition coefficient (Wildman–Crippen LogP) is 4.44. The second kappa shape index (κ2) is 9.14. The molecular weight excluding hydrogens is 380 g/mol. The number of carbonyl (C=O) groups is 2. The Kier molecular flexibility index (Phi) is 6.39. The van der Waals surface area contributed by atoms with Crippen LogP contribution in [0.15, 0.2) is 59.4 Å². The number of esters is 1. The molecule has 1 aromatic heterocycles. The van der Waals surface area contributed by atoms with Crippen LogP contribution in [0.25, 0.3) is 20.2 Å². The summed E-state index contributed by atoms with van der Waals surface area (Å²) in [7, 11) is 0. The predicted molar refractivity (Wildman–Crippen MR) is 108 cm³/mol. The van der Waals surface area contributed by atoms with Crippen LogP contribution in [-0.4, -0.2) is 25.3 Å². The Morgan fingerprint density at radius 1 is 1.00 bits per heavy atom. The zero-order valence-corrected chi connectivity index (χ0v) is 16.0. The average molecular weight is 398 g/mol. The average Bonchev–Trinajstić information content (AvgIpc) is 2.69. The molecule has 0 saturated carbocycles. The Morgan fingerprint density at radius 3 is 2.57 bits per heavy atom. The second-order valence-electron chi connectivity index (χ2n) is 5.78. The fourth-order valence-electron chi connectivity index (χ4n) is 2.57. The molecule has 0 aliphatic heterocycles. The standard InChI is InChI=1S/C21H18O6S/c1-2-7-18(22)25-12-6-13-26-21(24)27-16-10-5-9-15-19(23)14-8-3-4-11-17(14)28-20(15)16/h2-5,7-11H,6,12-13H2,1H3. The van der Waals surface area contributed by atoms with Crippen molar-refractivity contribution >= 4 is 43.6 Å². The molecule has 144 valence electrons. The molecule has 0 saturated heterocycles. The molecule has 0 bridgehead atoms. The van der Waals surface area contributed by atoms with Gasteiger partial charge in [-0.3, -0.25) is 4.79 Å². The van der Waals surface area contributed by atoms with Gasteiger partial charge in [0.1, 0.15) is 0 Å². The van der Waals surface area contributed by atoms with Gasteiger partial charge in [0, 0.05) is 28.0 Å². The lowest BCUT2D eigenvalue weighted by Crippen LogP contribution is -2.13. The number of allylic oxidation sites excluding steroid dienone is 1. The van der Waals surface area contributed by atoms with Crippen LogP contribution in [0.4, 0.5) is 4.79 Å². The molecule has 28 heavy (non-hydrogen) atoms. The minimum absolute atomic E-state index is 0.0475. The number of ether oxygens (including phenoxy) is 3. The van der Waals surface area contributed by atoms with E-state index in [0.717, 1.165) is 4.70 Å². The topological polar surface area (TPSA) is 78.9 Å². The lowest BCUT2D eigenvalue weighted by Gasteiger charge is -2.08. The summed E-state index contributed by atoms with van der Waals surface area (Å²) < 4.78 is 16.6. The largest absolute Gasteiger partial charge is 0.513 e. The Balaban J connectivity index is 1.66. The van der Waals surface area contributed by atoms with Crippen LogP contribution in [0, 0.1) is 0 Å². The molecule has 3 rings (SSSR count). The SMILES string of the molecule is CC=CC(=O)OCCCOC(=O)Oc1cccc2c(=O)c3ccccc3sc12. The van der Waals surface area contributed by atoms with Crippen molar-refractivity contribution in [3.63, 3.8) is 0 Å². The van der Waals surface area contributed by atoms with E-state index in [9.17, 15) is 14.4 Å². The highest BCUT2D eigenvalue weighted by Crippen LogP contribution is 2.32. The summed E-state index contributed by atoms with van der Waals surface area (Å²) >= 11 is 1.38. The van der Waals surface area contributed by atoms with Crippen LogP contribution < -0.4 is 10.2 Å². The molecule has 0 fully saturated rings. The maximum absolute atomic E-state index is 12.7. The molecular formula is C21H18O6S. The highest BCUT2D eigenvalue weighted by atomic mass is 32.1. The van der Waals surface area contributed by atoms with E-state index in [1.807, 2.05) is 18.2 Å². The highest BCUT2D eigenvalue weighted by Gasteiger charge is 2.13. The Labute approximate surface area is 165 Å². The van der Waals surface area contributed by atoms with Gasteiger partial charge in [0.05, 0.1) is 17.9 Å². The van der Waals surface area contributed by atoms with E-state index in [2.05, 4.69) is 0 Å². The van der Waals surface area contributed by atoms with Crippen molar-refractivity contribution in [1.29, 1.82) is 0 Å². The van der Waals surface area contributed by atoms with Crippen molar-refractivity contribution in [3.05, 3.63) is 64.8 Å². The molecule has 1 heterocycles. The molecule has 0 unspecified atom stereocenters. The van der Waals surface area contributed by atoms with Crippen LogP contribution in [0.2, 0.25) is 0 Å². The third-order valence-electron chi connectivity index (χ3n) is 3.82. The molecule has 0 amide bonds. The summed E-state index contributed by atoms with van der Waals surface area (Å²) in [5, 5.41) is 1.12. The minimum Gasteiger partial charge on any atom is -0.462 e. The van der Waals surface area contributed by atoms with Crippen LogP contribution in [0.5, 0.6) is 5.75 Å². The number of fused-ring (bicyclic) bond motifs is 2. The normalized spacial score (nSPS) is 11.0. The second-order valence-corrected chi connectivity index (χ2v) is 6.83. The number of benzene rings is 2. The van der Waals surface area contributed by atoms with E-state index in [0.29, 0.717) is 21.9 Å².